The van der Waals surface area contributed by atoms with Gasteiger partial charge in [0.1, 0.15) is 6.17 Å². The van der Waals surface area contributed by atoms with Crippen molar-refractivity contribution in [1.82, 2.24) is 0 Å². The summed E-state index contributed by atoms with van der Waals surface area (Å²) in [5, 5.41) is 0. The Morgan fingerprint density at radius 2 is 1.65 bits per heavy atom. The molecule has 0 spiro atoms. The number of hydrogen-bond donors (Lipinski definition) is 0. The Hall–Kier alpha value is -2.11. The van der Waals surface area contributed by atoms with Crippen LogP contribution in [0.2, 0.25) is 0 Å². The first kappa shape index (κ1) is 12.9. The van der Waals surface area contributed by atoms with E-state index in [9.17, 15) is 4.39 Å². The number of hydrogen-bond acceptors (Lipinski definition) is 1. The summed E-state index contributed by atoms with van der Waals surface area (Å²) in [5.74, 6) is 6.07. The molecule has 1 fully saturated rings. The summed E-state index contributed by atoms with van der Waals surface area (Å²) in [6.07, 6.45) is -0.709. The lowest BCUT2D eigenvalue weighted by molar-refractivity contribution is 0.0146. The highest BCUT2D eigenvalue weighted by Crippen LogP contribution is 2.38. The Morgan fingerprint density at radius 1 is 1.00 bits per heavy atom. The van der Waals surface area contributed by atoms with E-state index in [4.69, 9.17) is 4.74 Å². The van der Waals surface area contributed by atoms with Crippen LogP contribution in [0, 0.1) is 11.8 Å². The largest absolute Gasteiger partial charge is 0.355 e. The van der Waals surface area contributed by atoms with E-state index in [1.807, 2.05) is 60.7 Å². The molecule has 0 unspecified atom stereocenters. The molecule has 2 aromatic carbocycles. The van der Waals surface area contributed by atoms with Crippen LogP contribution in [0.1, 0.15) is 17.5 Å². The first-order valence-corrected chi connectivity index (χ1v) is 6.73. The van der Waals surface area contributed by atoms with Crippen LogP contribution in [0.4, 0.5) is 4.39 Å². The molecule has 2 aromatic rings. The fourth-order valence-corrected chi connectivity index (χ4v) is 2.44. The van der Waals surface area contributed by atoms with Crippen LogP contribution in [0.3, 0.4) is 0 Å². The first-order chi connectivity index (χ1) is 9.81. The van der Waals surface area contributed by atoms with E-state index in [0.29, 0.717) is 13.0 Å². The summed E-state index contributed by atoms with van der Waals surface area (Å²) in [6, 6.07) is 19.0. The van der Waals surface area contributed by atoms with Crippen molar-refractivity contribution in [3.8, 4) is 11.8 Å². The molecule has 100 valence electrons. The Morgan fingerprint density at radius 3 is 2.25 bits per heavy atom. The Kier molecular flexibility index (Phi) is 3.54. The van der Waals surface area contributed by atoms with Gasteiger partial charge in [0.2, 0.25) is 0 Å². The molecule has 1 aliphatic heterocycles. The molecule has 1 nitrogen and oxygen atoms in total. The molecule has 0 amide bonds. The van der Waals surface area contributed by atoms with Gasteiger partial charge in [-0.1, -0.05) is 60.4 Å². The molecule has 20 heavy (non-hydrogen) atoms. The summed E-state index contributed by atoms with van der Waals surface area (Å²) in [5.41, 5.74) is 0.524. The zero-order chi connectivity index (χ0) is 13.8. The number of ether oxygens (including phenoxy) is 1. The summed E-state index contributed by atoms with van der Waals surface area (Å²) in [7, 11) is 0. The maximum absolute atomic E-state index is 14.4. The van der Waals surface area contributed by atoms with Gasteiger partial charge < -0.3 is 4.74 Å². The predicted octanol–water partition coefficient (Wildman–Crippen LogP) is 3.69. The van der Waals surface area contributed by atoms with Gasteiger partial charge in [0.15, 0.2) is 5.60 Å². The standard InChI is InChI=1S/C18H15FO/c19-17-12-14-20-18(17,16-9-5-2-6-10-16)13-11-15-7-3-1-4-8-15/h1-10,17H,12,14H2/t17-,18+/m1/s1. The number of rotatable bonds is 1. The Bertz CT molecular complexity index is 627. The van der Waals surface area contributed by atoms with Crippen molar-refractivity contribution in [2.45, 2.75) is 18.2 Å². The van der Waals surface area contributed by atoms with Gasteiger partial charge in [-0.2, -0.15) is 0 Å². The van der Waals surface area contributed by atoms with Crippen molar-refractivity contribution in [3.63, 3.8) is 0 Å². The second kappa shape index (κ2) is 5.48. The van der Waals surface area contributed by atoms with Crippen LogP contribution in [-0.2, 0) is 10.3 Å². The third-order valence-corrected chi connectivity index (χ3v) is 3.51. The first-order valence-electron chi connectivity index (χ1n) is 6.73. The lowest BCUT2D eigenvalue weighted by atomic mass is 9.89. The molecule has 1 saturated heterocycles. The predicted molar refractivity (Wildman–Crippen MR) is 76.9 cm³/mol. The lowest BCUT2D eigenvalue weighted by Crippen LogP contribution is -2.32. The maximum atomic E-state index is 14.4. The fourth-order valence-electron chi connectivity index (χ4n) is 2.44. The summed E-state index contributed by atoms with van der Waals surface area (Å²) in [6.45, 7) is 0.402. The van der Waals surface area contributed by atoms with Crippen LogP contribution >= 0.6 is 0 Å². The van der Waals surface area contributed by atoms with Gasteiger partial charge >= 0.3 is 0 Å². The van der Waals surface area contributed by atoms with Crippen molar-refractivity contribution in [2.24, 2.45) is 0 Å². The van der Waals surface area contributed by atoms with Crippen molar-refractivity contribution >= 4 is 0 Å². The SMILES string of the molecule is F[C@@H]1CCO[C@@]1(C#Cc1ccccc1)c1ccccc1. The van der Waals surface area contributed by atoms with Crippen molar-refractivity contribution in [3.05, 3.63) is 71.8 Å². The zero-order valence-corrected chi connectivity index (χ0v) is 11.1. The van der Waals surface area contributed by atoms with Crippen LogP contribution in [0.5, 0.6) is 0 Å². The van der Waals surface area contributed by atoms with E-state index < -0.39 is 11.8 Å². The second-order valence-electron chi connectivity index (χ2n) is 4.82. The number of halogens is 1. The second-order valence-corrected chi connectivity index (χ2v) is 4.82. The van der Waals surface area contributed by atoms with Crippen molar-refractivity contribution in [2.75, 3.05) is 6.61 Å². The van der Waals surface area contributed by atoms with Gasteiger partial charge in [-0.15, -0.1) is 0 Å². The van der Waals surface area contributed by atoms with Gasteiger partial charge in [0.05, 0.1) is 6.61 Å². The minimum absolute atomic E-state index is 0.387. The van der Waals surface area contributed by atoms with Gasteiger partial charge in [-0.05, 0) is 17.7 Å². The van der Waals surface area contributed by atoms with Crippen molar-refractivity contribution in [1.29, 1.82) is 0 Å². The van der Waals surface area contributed by atoms with Gasteiger partial charge in [-0.3, -0.25) is 0 Å². The maximum Gasteiger partial charge on any atom is 0.185 e. The minimum atomic E-state index is -1.13. The van der Waals surface area contributed by atoms with E-state index in [1.54, 1.807) is 0 Å². The van der Waals surface area contributed by atoms with Crippen LogP contribution in [-0.4, -0.2) is 12.8 Å². The summed E-state index contributed by atoms with van der Waals surface area (Å²) >= 11 is 0. The summed E-state index contributed by atoms with van der Waals surface area (Å²) < 4.78 is 20.1. The van der Waals surface area contributed by atoms with Crippen LogP contribution in [0.15, 0.2) is 60.7 Å². The molecule has 1 aliphatic rings. The molecule has 0 aliphatic carbocycles. The van der Waals surface area contributed by atoms with Crippen molar-refractivity contribution < 1.29 is 9.13 Å². The minimum Gasteiger partial charge on any atom is -0.355 e. The third kappa shape index (κ3) is 2.33. The number of benzene rings is 2. The molecular formula is C18H15FO. The van der Waals surface area contributed by atoms with Gasteiger partial charge in [0.25, 0.3) is 0 Å². The van der Waals surface area contributed by atoms with E-state index in [0.717, 1.165) is 11.1 Å². The molecule has 0 N–H and O–H groups in total. The molecule has 1 heterocycles. The quantitative estimate of drug-likeness (QED) is 0.715. The van der Waals surface area contributed by atoms with Crippen LogP contribution in [0.25, 0.3) is 0 Å². The van der Waals surface area contributed by atoms with Gasteiger partial charge in [0, 0.05) is 12.0 Å². The molecule has 0 radical (unpaired) electrons. The average molecular weight is 266 g/mol. The molecule has 0 bridgehead atoms. The highest BCUT2D eigenvalue weighted by Gasteiger charge is 2.45. The number of alkyl halides is 1. The normalized spacial score (nSPS) is 24.9. The highest BCUT2D eigenvalue weighted by molar-refractivity contribution is 5.41. The van der Waals surface area contributed by atoms with E-state index in [1.165, 1.54) is 0 Å². The molecule has 2 atom stereocenters. The lowest BCUT2D eigenvalue weighted by Gasteiger charge is -2.25. The molecular weight excluding hydrogens is 251 g/mol. The topological polar surface area (TPSA) is 9.23 Å². The Balaban J connectivity index is 2.03. The van der Waals surface area contributed by atoms with Crippen LogP contribution < -0.4 is 0 Å². The smallest absolute Gasteiger partial charge is 0.185 e. The van der Waals surface area contributed by atoms with E-state index in [2.05, 4.69) is 11.8 Å². The molecule has 0 saturated carbocycles. The fraction of sp³-hybridized carbons (Fsp3) is 0.222. The Labute approximate surface area is 118 Å². The van der Waals surface area contributed by atoms with E-state index in [-0.39, 0.29) is 0 Å². The molecule has 0 aromatic heterocycles. The summed E-state index contributed by atoms with van der Waals surface area (Å²) in [4.78, 5) is 0. The molecule has 3 rings (SSSR count). The molecule has 2 heteroatoms. The van der Waals surface area contributed by atoms with Gasteiger partial charge in [-0.25, -0.2) is 4.39 Å². The average Bonchev–Trinajstić information content (AvgIpc) is 2.89. The highest BCUT2D eigenvalue weighted by atomic mass is 19.1. The third-order valence-electron chi connectivity index (χ3n) is 3.51. The van der Waals surface area contributed by atoms with E-state index >= 15 is 0 Å². The zero-order valence-electron chi connectivity index (χ0n) is 11.1. The monoisotopic (exact) mass is 266 g/mol.